The molecule has 0 saturated carbocycles. The molecule has 118 valence electrons. The molecule has 0 unspecified atom stereocenters. The summed E-state index contributed by atoms with van der Waals surface area (Å²) in [4.78, 5) is 23.4. The van der Waals surface area contributed by atoms with Crippen molar-refractivity contribution in [2.24, 2.45) is 0 Å². The van der Waals surface area contributed by atoms with Crippen LogP contribution >= 0.6 is 0 Å². The third kappa shape index (κ3) is 3.97. The zero-order chi connectivity index (χ0) is 16.2. The summed E-state index contributed by atoms with van der Waals surface area (Å²) < 4.78 is 0. The summed E-state index contributed by atoms with van der Waals surface area (Å²) >= 11 is 0. The van der Waals surface area contributed by atoms with Gasteiger partial charge in [-0.1, -0.05) is 42.0 Å². The lowest BCUT2D eigenvalue weighted by atomic mass is 9.99. The fourth-order valence-electron chi connectivity index (χ4n) is 2.70. The highest BCUT2D eigenvalue weighted by atomic mass is 16.2. The Bertz CT molecular complexity index is 736. The molecule has 2 aromatic carbocycles. The van der Waals surface area contributed by atoms with Gasteiger partial charge in [0.15, 0.2) is 0 Å². The van der Waals surface area contributed by atoms with Crippen LogP contribution in [0.2, 0.25) is 0 Å². The van der Waals surface area contributed by atoms with E-state index >= 15 is 0 Å². The van der Waals surface area contributed by atoms with Crippen LogP contribution in [0.5, 0.6) is 0 Å². The molecule has 4 nitrogen and oxygen atoms in total. The van der Waals surface area contributed by atoms with E-state index in [0.717, 1.165) is 28.8 Å². The van der Waals surface area contributed by atoms with Crippen molar-refractivity contribution >= 4 is 17.5 Å². The topological polar surface area (TPSA) is 58.2 Å². The van der Waals surface area contributed by atoms with Gasteiger partial charge in [0.25, 0.3) is 0 Å². The lowest BCUT2D eigenvalue weighted by Gasteiger charge is -2.17. The Kier molecular flexibility index (Phi) is 4.42. The fraction of sp³-hybridized carbons (Fsp3) is 0.263. The van der Waals surface area contributed by atoms with Crippen LogP contribution in [-0.4, -0.2) is 11.8 Å². The summed E-state index contributed by atoms with van der Waals surface area (Å²) in [5.41, 5.74) is 5.25. The van der Waals surface area contributed by atoms with Gasteiger partial charge in [-0.05, 0) is 36.1 Å². The average molecular weight is 308 g/mol. The fourth-order valence-corrected chi connectivity index (χ4v) is 2.70. The highest BCUT2D eigenvalue weighted by Crippen LogP contribution is 2.23. The first kappa shape index (κ1) is 15.3. The quantitative estimate of drug-likeness (QED) is 0.912. The molecule has 1 heterocycles. The molecule has 0 fully saturated rings. The summed E-state index contributed by atoms with van der Waals surface area (Å²) in [6.45, 7) is 2.58. The first-order valence-electron chi connectivity index (χ1n) is 7.84. The maximum atomic E-state index is 12.1. The van der Waals surface area contributed by atoms with E-state index < -0.39 is 0 Å². The van der Waals surface area contributed by atoms with Gasteiger partial charge in [-0.3, -0.25) is 9.59 Å². The van der Waals surface area contributed by atoms with E-state index in [0.29, 0.717) is 19.4 Å². The predicted octanol–water partition coefficient (Wildman–Crippen LogP) is 2.74. The molecule has 0 aromatic heterocycles. The van der Waals surface area contributed by atoms with Crippen LogP contribution in [0, 0.1) is 6.92 Å². The lowest BCUT2D eigenvalue weighted by molar-refractivity contribution is -0.120. The highest BCUT2D eigenvalue weighted by molar-refractivity contribution is 5.94. The van der Waals surface area contributed by atoms with Gasteiger partial charge in [0, 0.05) is 18.7 Å². The number of nitrogens with one attached hydrogen (secondary N) is 2. The molecule has 23 heavy (non-hydrogen) atoms. The van der Waals surface area contributed by atoms with Crippen LogP contribution in [0.3, 0.4) is 0 Å². The molecule has 2 aromatic rings. The van der Waals surface area contributed by atoms with Gasteiger partial charge in [0.2, 0.25) is 11.8 Å². The standard InChI is InChI=1S/C19H20N2O2/c1-13-2-4-14(5-3-13)12-20-19(23)11-15-6-8-17-16(10-15)7-9-18(22)21-17/h2-6,8,10H,7,9,11-12H2,1H3,(H,20,23)(H,21,22). The second kappa shape index (κ2) is 6.65. The molecule has 1 aliphatic heterocycles. The average Bonchev–Trinajstić information content (AvgIpc) is 2.54. The predicted molar refractivity (Wildman–Crippen MR) is 90.1 cm³/mol. The Morgan fingerprint density at radius 3 is 2.61 bits per heavy atom. The number of amides is 2. The van der Waals surface area contributed by atoms with Gasteiger partial charge in [-0.2, -0.15) is 0 Å². The van der Waals surface area contributed by atoms with E-state index in [9.17, 15) is 9.59 Å². The maximum absolute atomic E-state index is 12.1. The number of rotatable bonds is 4. The number of aryl methyl sites for hydroxylation is 2. The Labute approximate surface area is 135 Å². The smallest absolute Gasteiger partial charge is 0.224 e. The number of benzene rings is 2. The van der Waals surface area contributed by atoms with Crippen LogP contribution < -0.4 is 10.6 Å². The van der Waals surface area contributed by atoms with Crippen LogP contribution in [-0.2, 0) is 29.0 Å². The van der Waals surface area contributed by atoms with Gasteiger partial charge < -0.3 is 10.6 Å². The van der Waals surface area contributed by atoms with Crippen LogP contribution in [0.1, 0.15) is 28.7 Å². The third-order valence-corrected chi connectivity index (χ3v) is 4.04. The third-order valence-electron chi connectivity index (χ3n) is 4.04. The van der Waals surface area contributed by atoms with Crippen molar-refractivity contribution in [2.45, 2.75) is 32.7 Å². The number of carbonyl (C=O) groups excluding carboxylic acids is 2. The molecule has 4 heteroatoms. The van der Waals surface area contributed by atoms with Crippen LogP contribution in [0.4, 0.5) is 5.69 Å². The lowest BCUT2D eigenvalue weighted by Crippen LogP contribution is -2.25. The zero-order valence-corrected chi connectivity index (χ0v) is 13.2. The van der Waals surface area contributed by atoms with Gasteiger partial charge in [-0.25, -0.2) is 0 Å². The van der Waals surface area contributed by atoms with E-state index in [1.165, 1.54) is 5.56 Å². The summed E-state index contributed by atoms with van der Waals surface area (Å²) in [5.74, 6) is 0.0615. The first-order valence-corrected chi connectivity index (χ1v) is 7.84. The van der Waals surface area contributed by atoms with Gasteiger partial charge >= 0.3 is 0 Å². The Balaban J connectivity index is 1.57. The van der Waals surface area contributed by atoms with Crippen molar-refractivity contribution in [2.75, 3.05) is 5.32 Å². The largest absolute Gasteiger partial charge is 0.352 e. The monoisotopic (exact) mass is 308 g/mol. The summed E-state index contributed by atoms with van der Waals surface area (Å²) in [7, 11) is 0. The van der Waals surface area contributed by atoms with E-state index in [2.05, 4.69) is 10.6 Å². The minimum Gasteiger partial charge on any atom is -0.352 e. The molecular weight excluding hydrogens is 288 g/mol. The molecule has 0 atom stereocenters. The number of hydrogen-bond donors (Lipinski definition) is 2. The number of carbonyl (C=O) groups is 2. The van der Waals surface area contributed by atoms with E-state index in [1.54, 1.807) is 0 Å². The molecule has 3 rings (SSSR count). The van der Waals surface area contributed by atoms with E-state index in [-0.39, 0.29) is 11.8 Å². The Morgan fingerprint density at radius 2 is 1.83 bits per heavy atom. The summed E-state index contributed by atoms with van der Waals surface area (Å²) in [6, 6.07) is 13.9. The number of anilines is 1. The SMILES string of the molecule is Cc1ccc(CNC(=O)Cc2ccc3c(c2)CCC(=O)N3)cc1. The van der Waals surface area contributed by atoms with Crippen molar-refractivity contribution in [3.8, 4) is 0 Å². The molecule has 2 N–H and O–H groups in total. The molecule has 0 spiro atoms. The van der Waals surface area contributed by atoms with Gasteiger partial charge in [0.05, 0.1) is 6.42 Å². The minimum absolute atomic E-state index is 0.00497. The van der Waals surface area contributed by atoms with Gasteiger partial charge in [-0.15, -0.1) is 0 Å². The minimum atomic E-state index is 0.00497. The molecule has 0 aliphatic carbocycles. The maximum Gasteiger partial charge on any atom is 0.224 e. The summed E-state index contributed by atoms with van der Waals surface area (Å²) in [6.07, 6.45) is 1.60. The number of hydrogen-bond acceptors (Lipinski definition) is 2. The van der Waals surface area contributed by atoms with Crippen LogP contribution in [0.25, 0.3) is 0 Å². The molecule has 2 amide bonds. The summed E-state index contributed by atoms with van der Waals surface area (Å²) in [5, 5.41) is 5.80. The van der Waals surface area contributed by atoms with Crippen molar-refractivity contribution in [3.63, 3.8) is 0 Å². The molecule has 0 radical (unpaired) electrons. The highest BCUT2D eigenvalue weighted by Gasteiger charge is 2.15. The molecular formula is C19H20N2O2. The second-order valence-corrected chi connectivity index (χ2v) is 5.98. The van der Waals surface area contributed by atoms with E-state index in [1.807, 2.05) is 49.4 Å². The Hall–Kier alpha value is -2.62. The first-order chi connectivity index (χ1) is 11.1. The van der Waals surface area contributed by atoms with Crippen molar-refractivity contribution in [1.82, 2.24) is 5.32 Å². The molecule has 1 aliphatic rings. The van der Waals surface area contributed by atoms with E-state index in [4.69, 9.17) is 0 Å². The Morgan fingerprint density at radius 1 is 1.09 bits per heavy atom. The van der Waals surface area contributed by atoms with Crippen molar-refractivity contribution < 1.29 is 9.59 Å². The van der Waals surface area contributed by atoms with Crippen molar-refractivity contribution in [1.29, 1.82) is 0 Å². The molecule has 0 saturated heterocycles. The second-order valence-electron chi connectivity index (χ2n) is 5.98. The number of fused-ring (bicyclic) bond motifs is 1. The normalized spacial score (nSPS) is 13.2. The van der Waals surface area contributed by atoms with Crippen molar-refractivity contribution in [3.05, 3.63) is 64.7 Å². The zero-order valence-electron chi connectivity index (χ0n) is 13.2. The van der Waals surface area contributed by atoms with Gasteiger partial charge in [0.1, 0.15) is 0 Å². The van der Waals surface area contributed by atoms with Crippen LogP contribution in [0.15, 0.2) is 42.5 Å². The molecule has 0 bridgehead atoms.